The van der Waals surface area contributed by atoms with Crippen LogP contribution in [0.2, 0.25) is 5.02 Å². The number of imide groups is 1. The van der Waals surface area contributed by atoms with E-state index in [1.54, 1.807) is 36.4 Å². The molecule has 0 aromatic heterocycles. The zero-order valence-corrected chi connectivity index (χ0v) is 21.6. The highest BCUT2D eigenvalue weighted by Crippen LogP contribution is 2.39. The highest BCUT2D eigenvalue weighted by molar-refractivity contribution is 9.10. The summed E-state index contributed by atoms with van der Waals surface area (Å²) in [7, 11) is 1.48. The lowest BCUT2D eigenvalue weighted by Gasteiger charge is -2.14. The van der Waals surface area contributed by atoms with Crippen LogP contribution < -0.4 is 9.47 Å². The monoisotopic (exact) mass is 568 g/mol. The fraction of sp³-hybridized carbons (Fsp3) is 0.115. The molecule has 1 aliphatic rings. The van der Waals surface area contributed by atoms with Crippen molar-refractivity contribution in [2.75, 3.05) is 7.11 Å². The lowest BCUT2D eigenvalue weighted by atomic mass is 10.1. The van der Waals surface area contributed by atoms with Crippen LogP contribution in [0.25, 0.3) is 6.08 Å². The summed E-state index contributed by atoms with van der Waals surface area (Å²) in [6.07, 6.45) is 1.61. The number of hydrogen-bond acceptors (Lipinski definition) is 6. The highest BCUT2D eigenvalue weighted by Gasteiger charge is 2.35. The predicted octanol–water partition coefficient (Wildman–Crippen LogP) is 6.80. The summed E-state index contributed by atoms with van der Waals surface area (Å²) in [5, 5.41) is 9.22. The van der Waals surface area contributed by atoms with Crippen molar-refractivity contribution in [3.8, 4) is 17.6 Å². The van der Waals surface area contributed by atoms with Gasteiger partial charge in [-0.25, -0.2) is 0 Å². The molecule has 0 unspecified atom stereocenters. The van der Waals surface area contributed by atoms with Gasteiger partial charge in [0.2, 0.25) is 0 Å². The van der Waals surface area contributed by atoms with Gasteiger partial charge in [0.15, 0.2) is 11.5 Å². The number of hydrogen-bond donors (Lipinski definition) is 0. The molecule has 2 amide bonds. The van der Waals surface area contributed by atoms with E-state index in [0.29, 0.717) is 27.5 Å². The van der Waals surface area contributed by atoms with E-state index < -0.39 is 0 Å². The van der Waals surface area contributed by atoms with Crippen LogP contribution in [-0.2, 0) is 17.9 Å². The average Bonchev–Trinajstić information content (AvgIpc) is 3.11. The Hall–Kier alpha value is -3.25. The summed E-state index contributed by atoms with van der Waals surface area (Å²) in [5.41, 5.74) is 2.67. The molecule has 1 aliphatic heterocycles. The second kappa shape index (κ2) is 11.0. The van der Waals surface area contributed by atoms with E-state index in [2.05, 4.69) is 22.0 Å². The second-order valence-electron chi connectivity index (χ2n) is 7.49. The Bertz CT molecular complexity index is 1370. The topological polar surface area (TPSA) is 79.6 Å². The molecule has 3 aromatic carbocycles. The van der Waals surface area contributed by atoms with Crippen molar-refractivity contribution < 1.29 is 19.1 Å². The molecule has 4 rings (SSSR count). The van der Waals surface area contributed by atoms with Gasteiger partial charge in [-0.05, 0) is 59.3 Å². The number of thioether (sulfide) groups is 1. The lowest BCUT2D eigenvalue weighted by molar-refractivity contribution is -0.123. The molecule has 9 heteroatoms. The summed E-state index contributed by atoms with van der Waals surface area (Å²) < 4.78 is 12.3. The summed E-state index contributed by atoms with van der Waals surface area (Å²) in [4.78, 5) is 26.9. The van der Waals surface area contributed by atoms with Gasteiger partial charge in [0.05, 0.1) is 35.2 Å². The van der Waals surface area contributed by atoms with Crippen LogP contribution in [0, 0.1) is 11.3 Å². The third-order valence-electron chi connectivity index (χ3n) is 5.19. The molecule has 35 heavy (non-hydrogen) atoms. The van der Waals surface area contributed by atoms with Gasteiger partial charge in [0.25, 0.3) is 11.1 Å². The first-order valence-electron chi connectivity index (χ1n) is 10.4. The molecule has 0 N–H and O–H groups in total. The molecule has 3 aromatic rings. The largest absolute Gasteiger partial charge is 0.493 e. The zero-order valence-electron chi connectivity index (χ0n) is 18.5. The molecule has 176 valence electrons. The maximum absolute atomic E-state index is 12.9. The summed E-state index contributed by atoms with van der Waals surface area (Å²) in [6.45, 7) is 0.324. The molecule has 0 atom stereocenters. The first kappa shape index (κ1) is 24.9. The highest BCUT2D eigenvalue weighted by atomic mass is 79.9. The van der Waals surface area contributed by atoms with Crippen molar-refractivity contribution in [2.24, 2.45) is 0 Å². The second-order valence-corrected chi connectivity index (χ2v) is 9.80. The van der Waals surface area contributed by atoms with Crippen molar-refractivity contribution in [3.05, 3.63) is 97.3 Å². The fourth-order valence-corrected chi connectivity index (χ4v) is 4.80. The zero-order chi connectivity index (χ0) is 24.9. The van der Waals surface area contributed by atoms with Gasteiger partial charge in [-0.2, -0.15) is 5.26 Å². The molecule has 0 aliphatic carbocycles. The van der Waals surface area contributed by atoms with Gasteiger partial charge >= 0.3 is 0 Å². The van der Waals surface area contributed by atoms with Crippen LogP contribution in [0.5, 0.6) is 11.5 Å². The third kappa shape index (κ3) is 5.70. The number of benzene rings is 3. The van der Waals surface area contributed by atoms with E-state index in [1.807, 2.05) is 30.3 Å². The summed E-state index contributed by atoms with van der Waals surface area (Å²) >= 11 is 10.7. The minimum absolute atomic E-state index is 0.133. The van der Waals surface area contributed by atoms with Crippen LogP contribution in [0.15, 0.2) is 70.0 Å². The van der Waals surface area contributed by atoms with Crippen LogP contribution in [0.3, 0.4) is 0 Å². The summed E-state index contributed by atoms with van der Waals surface area (Å²) in [5.74, 6) is 0.320. The Labute approximate surface area is 220 Å². The molecular weight excluding hydrogens is 552 g/mol. The van der Waals surface area contributed by atoms with Crippen LogP contribution in [0.1, 0.15) is 22.3 Å². The number of carbonyl (C=O) groups is 2. The van der Waals surface area contributed by atoms with Crippen molar-refractivity contribution in [2.45, 2.75) is 13.2 Å². The van der Waals surface area contributed by atoms with Gasteiger partial charge in [-0.1, -0.05) is 57.9 Å². The molecule has 0 spiro atoms. The van der Waals surface area contributed by atoms with Gasteiger partial charge < -0.3 is 9.47 Å². The Morgan fingerprint density at radius 2 is 1.89 bits per heavy atom. The minimum atomic E-state index is -0.369. The molecule has 0 saturated carbocycles. The number of methoxy groups -OCH3 is 1. The lowest BCUT2D eigenvalue weighted by Crippen LogP contribution is -2.27. The maximum atomic E-state index is 12.9. The quantitative estimate of drug-likeness (QED) is 0.291. The molecule has 0 bridgehead atoms. The first-order valence-corrected chi connectivity index (χ1v) is 12.4. The molecule has 1 saturated heterocycles. The number of amides is 2. The van der Waals surface area contributed by atoms with Gasteiger partial charge in [-0.15, -0.1) is 0 Å². The van der Waals surface area contributed by atoms with Crippen molar-refractivity contribution in [1.29, 1.82) is 5.26 Å². The Balaban J connectivity index is 1.54. The van der Waals surface area contributed by atoms with E-state index >= 15 is 0 Å². The molecule has 1 heterocycles. The van der Waals surface area contributed by atoms with Gasteiger partial charge in [-0.3, -0.25) is 14.5 Å². The van der Waals surface area contributed by atoms with E-state index in [0.717, 1.165) is 27.4 Å². The number of nitriles is 1. The van der Waals surface area contributed by atoms with Gasteiger partial charge in [0, 0.05) is 10.0 Å². The van der Waals surface area contributed by atoms with Crippen molar-refractivity contribution in [3.63, 3.8) is 0 Å². The number of nitrogens with zero attached hydrogens (tertiary/aromatic N) is 2. The van der Waals surface area contributed by atoms with Crippen molar-refractivity contribution >= 4 is 56.5 Å². The Morgan fingerprint density at radius 1 is 1.14 bits per heavy atom. The third-order valence-corrected chi connectivity index (χ3v) is 6.90. The summed E-state index contributed by atoms with van der Waals surface area (Å²) in [6, 6.07) is 20.0. The number of carbonyl (C=O) groups excluding carboxylic acids is 2. The normalized spacial score (nSPS) is 14.3. The smallest absolute Gasteiger partial charge is 0.293 e. The van der Waals surface area contributed by atoms with Crippen LogP contribution >= 0.6 is 39.3 Å². The number of ether oxygens (including phenoxy) is 2. The molecular formula is C26H18BrClN2O4S. The van der Waals surface area contributed by atoms with E-state index in [9.17, 15) is 14.9 Å². The number of halogens is 2. The SMILES string of the molecule is COc1cc(/C=C2\SC(=O)N(Cc3ccc(Br)cc3)C2=O)cc(Cl)c1OCc1ccccc1C#N. The standard InChI is InChI=1S/C26H18BrClN2O4S/c1-33-22-11-17(10-21(28)24(22)34-15-19-5-3-2-4-18(19)13-29)12-23-25(31)30(26(32)35-23)14-16-6-8-20(27)9-7-16/h2-12H,14-15H2,1H3/b23-12-. The fourth-order valence-electron chi connectivity index (χ4n) is 3.43. The molecule has 6 nitrogen and oxygen atoms in total. The predicted molar refractivity (Wildman–Crippen MR) is 139 cm³/mol. The Kier molecular flexibility index (Phi) is 7.81. The van der Waals surface area contributed by atoms with Crippen molar-refractivity contribution in [1.82, 2.24) is 4.90 Å². The van der Waals surface area contributed by atoms with E-state index in [-0.39, 0.29) is 29.3 Å². The van der Waals surface area contributed by atoms with Crippen LogP contribution in [-0.4, -0.2) is 23.2 Å². The average molecular weight is 570 g/mol. The van der Waals surface area contributed by atoms with E-state index in [1.165, 1.54) is 12.0 Å². The van der Waals surface area contributed by atoms with E-state index in [4.69, 9.17) is 21.1 Å². The molecule has 0 radical (unpaired) electrons. The molecule has 1 fully saturated rings. The maximum Gasteiger partial charge on any atom is 0.293 e. The number of rotatable bonds is 7. The van der Waals surface area contributed by atoms with Crippen LogP contribution in [0.4, 0.5) is 4.79 Å². The Morgan fingerprint density at radius 3 is 2.60 bits per heavy atom. The van der Waals surface area contributed by atoms with Gasteiger partial charge in [0.1, 0.15) is 6.61 Å². The minimum Gasteiger partial charge on any atom is -0.493 e. The first-order chi connectivity index (χ1) is 16.9.